The Morgan fingerprint density at radius 1 is 1.67 bits per heavy atom. The van der Waals surface area contributed by atoms with Crippen molar-refractivity contribution in [1.29, 1.82) is 0 Å². The Hall–Kier alpha value is 1.04. The van der Waals surface area contributed by atoms with E-state index in [0.717, 1.165) is 0 Å². The van der Waals surface area contributed by atoms with Crippen LogP contribution in [-0.2, 0) is 8.23 Å². The van der Waals surface area contributed by atoms with E-state index in [-0.39, 0.29) is 29.6 Å². The molecule has 0 atom stereocenters. The molecule has 0 aromatic carbocycles. The van der Waals surface area contributed by atoms with Gasteiger partial charge in [-0.05, 0) is 0 Å². The molecule has 4 nitrogen and oxygen atoms in total. The Kier molecular flexibility index (Phi) is 12.8. The van der Waals surface area contributed by atoms with Gasteiger partial charge in [-0.25, -0.2) is 0 Å². The van der Waals surface area contributed by atoms with Gasteiger partial charge in [-0.15, -0.1) is 0 Å². The monoisotopic (exact) mass is 190 g/mol. The van der Waals surface area contributed by atoms with E-state index in [0.29, 0.717) is 10.5 Å². The standard InChI is InChI=1S/CH8O4Si3.Na/c2-1(3)7-5-8-4-6;/h7-8H2,6H3,(H,2,3);/q;+1/p-1. The van der Waals surface area contributed by atoms with Crippen LogP contribution >= 0.6 is 0 Å². The van der Waals surface area contributed by atoms with E-state index < -0.39 is 25.4 Å². The first-order chi connectivity index (χ1) is 3.77. The zero-order chi connectivity index (χ0) is 6.41. The smallest absolute Gasteiger partial charge is 0.553 e. The van der Waals surface area contributed by atoms with Gasteiger partial charge >= 0.3 is 29.6 Å². The molecule has 0 unspecified atom stereocenters. The van der Waals surface area contributed by atoms with Gasteiger partial charge in [0.1, 0.15) is 10.5 Å². The zero-order valence-electron chi connectivity index (χ0n) is 5.55. The fraction of sp³-hybridized carbons (Fsp3) is 0. The first kappa shape index (κ1) is 12.7. The van der Waals surface area contributed by atoms with Crippen molar-refractivity contribution in [3.63, 3.8) is 0 Å². The van der Waals surface area contributed by atoms with Gasteiger partial charge in [-0.2, -0.15) is 0 Å². The number of carbonyl (C=O) groups excluding carboxylic acids is 1. The molecule has 0 N–H and O–H groups in total. The van der Waals surface area contributed by atoms with Crippen molar-refractivity contribution in [3.05, 3.63) is 0 Å². The summed E-state index contributed by atoms with van der Waals surface area (Å²) in [6.07, 6.45) is 0. The summed E-state index contributed by atoms with van der Waals surface area (Å²) >= 11 is 0. The summed E-state index contributed by atoms with van der Waals surface area (Å²) in [5.41, 5.74) is -1.05. The van der Waals surface area contributed by atoms with Crippen molar-refractivity contribution < 1.29 is 47.7 Å². The first-order valence-corrected chi connectivity index (χ1v) is 5.29. The molecule has 0 spiro atoms. The molecule has 0 aliphatic heterocycles. The van der Waals surface area contributed by atoms with Crippen molar-refractivity contribution in [1.82, 2.24) is 0 Å². The van der Waals surface area contributed by atoms with Gasteiger partial charge in [-0.3, -0.25) is 0 Å². The van der Waals surface area contributed by atoms with Crippen LogP contribution in [0.15, 0.2) is 0 Å². The molecule has 48 valence electrons. The minimum absolute atomic E-state index is 0. The summed E-state index contributed by atoms with van der Waals surface area (Å²) in [5.74, 6) is 0. The third kappa shape index (κ3) is 12.3. The second-order valence-electron chi connectivity index (χ2n) is 1.13. The first-order valence-electron chi connectivity index (χ1n) is 2.04. The summed E-state index contributed by atoms with van der Waals surface area (Å²) in [7, 11) is -1.67. The molecule has 0 radical (unpaired) electrons. The van der Waals surface area contributed by atoms with Gasteiger partial charge in [-0.1, -0.05) is 0 Å². The molecule has 0 aromatic rings. The molecule has 0 heterocycles. The Morgan fingerprint density at radius 3 is 2.56 bits per heavy atom. The van der Waals surface area contributed by atoms with E-state index in [4.69, 9.17) is 4.12 Å². The van der Waals surface area contributed by atoms with E-state index in [9.17, 15) is 9.90 Å². The molecule has 0 rings (SSSR count). The SMILES string of the molecule is O=C([O-])[SiH2]O[SiH2]O[SiH3].[Na+]. The number of hydrogen-bond donors (Lipinski definition) is 0. The molecule has 0 aromatic heterocycles. The third-order valence-electron chi connectivity index (χ3n) is 0.421. The largest absolute Gasteiger partial charge is 1.00 e. The van der Waals surface area contributed by atoms with Crippen LogP contribution in [0.2, 0.25) is 0 Å². The zero-order valence-corrected chi connectivity index (χ0v) is 12.4. The predicted molar refractivity (Wildman–Crippen MR) is 34.6 cm³/mol. The molecule has 0 amide bonds. The summed E-state index contributed by atoms with van der Waals surface area (Å²) in [6.45, 7) is 0. The number of carboxylic acid groups (broad SMARTS) is 1. The topological polar surface area (TPSA) is 58.6 Å². The molecule has 0 fully saturated rings. The molecule has 0 bridgehead atoms. The van der Waals surface area contributed by atoms with Crippen LogP contribution in [0.4, 0.5) is 4.79 Å². The number of rotatable bonds is 4. The van der Waals surface area contributed by atoms with Gasteiger partial charge in [0, 0.05) is 5.59 Å². The van der Waals surface area contributed by atoms with E-state index in [2.05, 4.69) is 4.12 Å². The maximum absolute atomic E-state index is 9.68. The number of hydrogen-bond acceptors (Lipinski definition) is 4. The Labute approximate surface area is 83.1 Å². The van der Waals surface area contributed by atoms with Crippen molar-refractivity contribution >= 4 is 35.8 Å². The van der Waals surface area contributed by atoms with Crippen LogP contribution in [0, 0.1) is 0 Å². The van der Waals surface area contributed by atoms with Crippen LogP contribution in [0.1, 0.15) is 0 Å². The third-order valence-corrected chi connectivity index (χ3v) is 3.08. The molecular weight excluding hydrogens is 183 g/mol. The Bertz CT molecular complexity index is 78.2. The minimum Gasteiger partial charge on any atom is -0.553 e. The second kappa shape index (κ2) is 9.04. The summed E-state index contributed by atoms with van der Waals surface area (Å²) in [6, 6.07) is 0. The van der Waals surface area contributed by atoms with Gasteiger partial charge in [0.25, 0.3) is 10.0 Å². The molecule has 0 saturated carbocycles. The van der Waals surface area contributed by atoms with Crippen LogP contribution in [0.3, 0.4) is 0 Å². The molecular formula is CH7NaO4Si3. The molecule has 9 heavy (non-hydrogen) atoms. The van der Waals surface area contributed by atoms with Crippen LogP contribution in [-0.4, -0.2) is 35.8 Å². The van der Waals surface area contributed by atoms with Crippen molar-refractivity contribution in [3.8, 4) is 0 Å². The molecule has 0 aliphatic rings. The van der Waals surface area contributed by atoms with Crippen LogP contribution in [0.25, 0.3) is 0 Å². The minimum atomic E-state index is -1.40. The quantitative estimate of drug-likeness (QED) is 0.326. The number of carbonyl (C=O) groups is 1. The fourth-order valence-corrected chi connectivity index (χ4v) is 3.38. The van der Waals surface area contributed by atoms with E-state index in [1.807, 2.05) is 0 Å². The van der Waals surface area contributed by atoms with Gasteiger partial charge in [0.2, 0.25) is 0 Å². The normalized spacial score (nSPS) is 11.1. The van der Waals surface area contributed by atoms with Crippen molar-refractivity contribution in [2.45, 2.75) is 0 Å². The second-order valence-corrected chi connectivity index (χ2v) is 6.17. The van der Waals surface area contributed by atoms with Gasteiger partial charge < -0.3 is 18.1 Å². The van der Waals surface area contributed by atoms with Crippen LogP contribution in [0.5, 0.6) is 0 Å². The average molecular weight is 190 g/mol. The predicted octanol–water partition coefficient (Wildman–Crippen LogP) is -7.27. The summed E-state index contributed by atoms with van der Waals surface area (Å²) in [5, 5.41) is 9.68. The molecule has 0 aliphatic carbocycles. The Morgan fingerprint density at radius 2 is 2.22 bits per heavy atom. The summed E-state index contributed by atoms with van der Waals surface area (Å²) < 4.78 is 9.36. The average Bonchev–Trinajstić information content (AvgIpc) is 1.66. The molecule has 8 heteroatoms. The van der Waals surface area contributed by atoms with Crippen molar-refractivity contribution in [2.75, 3.05) is 0 Å². The van der Waals surface area contributed by atoms with Crippen molar-refractivity contribution in [2.24, 2.45) is 0 Å². The van der Waals surface area contributed by atoms with Crippen LogP contribution < -0.4 is 34.7 Å². The van der Waals surface area contributed by atoms with E-state index in [1.54, 1.807) is 0 Å². The van der Waals surface area contributed by atoms with E-state index >= 15 is 0 Å². The fourth-order valence-electron chi connectivity index (χ4n) is 0.208. The maximum Gasteiger partial charge on any atom is 1.00 e. The molecule has 0 saturated heterocycles. The summed E-state index contributed by atoms with van der Waals surface area (Å²) in [4.78, 5) is 9.68. The Balaban J connectivity index is 0. The van der Waals surface area contributed by atoms with E-state index in [1.165, 1.54) is 0 Å². The van der Waals surface area contributed by atoms with Gasteiger partial charge in [0.15, 0.2) is 9.76 Å². The maximum atomic E-state index is 9.68. The van der Waals surface area contributed by atoms with Gasteiger partial charge in [0.05, 0.1) is 0 Å².